The van der Waals surface area contributed by atoms with Gasteiger partial charge in [0.2, 0.25) is 5.91 Å². The van der Waals surface area contributed by atoms with Gasteiger partial charge in [-0.1, -0.05) is 31.2 Å². The molecule has 0 saturated carbocycles. The monoisotopic (exact) mass is 369 g/mol. The van der Waals surface area contributed by atoms with Crippen LogP contribution >= 0.6 is 0 Å². The van der Waals surface area contributed by atoms with E-state index in [1.54, 1.807) is 7.11 Å². The highest BCUT2D eigenvalue weighted by Crippen LogP contribution is 2.27. The maximum atomic E-state index is 12.7. The maximum absolute atomic E-state index is 12.7. The first-order valence-corrected chi connectivity index (χ1v) is 9.33. The predicted octanol–water partition coefficient (Wildman–Crippen LogP) is 2.57. The fourth-order valence-electron chi connectivity index (χ4n) is 3.14. The lowest BCUT2D eigenvalue weighted by atomic mass is 9.94. The molecule has 2 aromatic carbocycles. The van der Waals surface area contributed by atoms with E-state index in [1.165, 1.54) is 0 Å². The Labute approximate surface area is 160 Å². The Morgan fingerprint density at radius 1 is 1.19 bits per heavy atom. The second kappa shape index (κ2) is 9.39. The molecule has 144 valence electrons. The third-order valence-corrected chi connectivity index (χ3v) is 4.63. The first-order valence-electron chi connectivity index (χ1n) is 9.33. The van der Waals surface area contributed by atoms with Crippen LogP contribution in [0.4, 0.5) is 0 Å². The summed E-state index contributed by atoms with van der Waals surface area (Å²) >= 11 is 0. The van der Waals surface area contributed by atoms with Crippen LogP contribution in [0.15, 0.2) is 48.5 Å². The Hall–Kier alpha value is -2.57. The summed E-state index contributed by atoms with van der Waals surface area (Å²) in [7, 11) is 1.64. The zero-order valence-electron chi connectivity index (χ0n) is 15.8. The SMILES string of the molecule is CCCOc1ccc(CNC(=O)C2CNNC2c2cccc(OC)c2)cc1. The van der Waals surface area contributed by atoms with Crippen molar-refractivity contribution in [3.05, 3.63) is 59.7 Å². The molecule has 0 spiro atoms. The molecule has 2 atom stereocenters. The zero-order chi connectivity index (χ0) is 19.1. The van der Waals surface area contributed by atoms with Crippen molar-refractivity contribution in [2.45, 2.75) is 25.9 Å². The number of methoxy groups -OCH3 is 1. The van der Waals surface area contributed by atoms with Gasteiger partial charge in [-0.2, -0.15) is 0 Å². The van der Waals surface area contributed by atoms with Crippen molar-refractivity contribution in [2.24, 2.45) is 5.92 Å². The van der Waals surface area contributed by atoms with Gasteiger partial charge in [0.05, 0.1) is 25.7 Å². The van der Waals surface area contributed by atoms with Crippen molar-refractivity contribution >= 4 is 5.91 Å². The molecule has 1 saturated heterocycles. The van der Waals surface area contributed by atoms with Crippen LogP contribution in [0.1, 0.15) is 30.5 Å². The predicted molar refractivity (Wildman–Crippen MR) is 104 cm³/mol. The van der Waals surface area contributed by atoms with Gasteiger partial charge in [-0.15, -0.1) is 0 Å². The molecule has 0 aromatic heterocycles. The molecule has 1 aliphatic rings. The molecule has 2 aromatic rings. The van der Waals surface area contributed by atoms with E-state index in [9.17, 15) is 4.79 Å². The quantitative estimate of drug-likeness (QED) is 0.667. The van der Waals surface area contributed by atoms with Crippen molar-refractivity contribution in [3.63, 3.8) is 0 Å². The Kier molecular flexibility index (Phi) is 6.68. The summed E-state index contributed by atoms with van der Waals surface area (Å²) in [6, 6.07) is 15.5. The van der Waals surface area contributed by atoms with Crippen molar-refractivity contribution in [1.29, 1.82) is 0 Å². The van der Waals surface area contributed by atoms with E-state index >= 15 is 0 Å². The largest absolute Gasteiger partial charge is 0.497 e. The molecule has 27 heavy (non-hydrogen) atoms. The summed E-state index contributed by atoms with van der Waals surface area (Å²) in [6.45, 7) is 3.87. The molecule has 0 radical (unpaired) electrons. The van der Waals surface area contributed by atoms with Crippen LogP contribution < -0.4 is 25.6 Å². The minimum Gasteiger partial charge on any atom is -0.497 e. The number of hydrogen-bond acceptors (Lipinski definition) is 5. The number of nitrogens with one attached hydrogen (secondary N) is 3. The highest BCUT2D eigenvalue weighted by molar-refractivity contribution is 5.80. The van der Waals surface area contributed by atoms with Gasteiger partial charge in [0, 0.05) is 13.1 Å². The van der Waals surface area contributed by atoms with Gasteiger partial charge in [-0.3, -0.25) is 10.2 Å². The van der Waals surface area contributed by atoms with Crippen molar-refractivity contribution in [1.82, 2.24) is 16.2 Å². The summed E-state index contributed by atoms with van der Waals surface area (Å²) in [5, 5.41) is 3.04. The highest BCUT2D eigenvalue weighted by atomic mass is 16.5. The molecule has 1 amide bonds. The van der Waals surface area contributed by atoms with E-state index in [-0.39, 0.29) is 17.9 Å². The maximum Gasteiger partial charge on any atom is 0.226 e. The molecular formula is C21H27N3O3. The fraction of sp³-hybridized carbons (Fsp3) is 0.381. The van der Waals surface area contributed by atoms with E-state index in [2.05, 4.69) is 23.1 Å². The highest BCUT2D eigenvalue weighted by Gasteiger charge is 2.33. The van der Waals surface area contributed by atoms with Crippen molar-refractivity contribution in [3.8, 4) is 11.5 Å². The first kappa shape index (κ1) is 19.2. The van der Waals surface area contributed by atoms with Crippen LogP contribution in [-0.2, 0) is 11.3 Å². The van der Waals surface area contributed by atoms with Crippen LogP contribution in [-0.4, -0.2) is 26.2 Å². The Morgan fingerprint density at radius 2 is 2.00 bits per heavy atom. The molecule has 1 heterocycles. The molecule has 3 N–H and O–H groups in total. The molecule has 3 rings (SSSR count). The van der Waals surface area contributed by atoms with Gasteiger partial charge in [-0.05, 0) is 41.8 Å². The van der Waals surface area contributed by atoms with Gasteiger partial charge in [0.1, 0.15) is 11.5 Å². The molecule has 2 unspecified atom stereocenters. The zero-order valence-corrected chi connectivity index (χ0v) is 15.8. The smallest absolute Gasteiger partial charge is 0.226 e. The lowest BCUT2D eigenvalue weighted by molar-refractivity contribution is -0.125. The van der Waals surface area contributed by atoms with E-state index in [4.69, 9.17) is 9.47 Å². The summed E-state index contributed by atoms with van der Waals surface area (Å²) in [5.41, 5.74) is 8.36. The van der Waals surface area contributed by atoms with E-state index in [0.29, 0.717) is 19.7 Å². The van der Waals surface area contributed by atoms with Crippen LogP contribution in [0.3, 0.4) is 0 Å². The lowest BCUT2D eigenvalue weighted by Crippen LogP contribution is -2.34. The molecule has 1 fully saturated rings. The van der Waals surface area contributed by atoms with Crippen molar-refractivity contribution < 1.29 is 14.3 Å². The van der Waals surface area contributed by atoms with Gasteiger partial charge in [-0.25, -0.2) is 5.43 Å². The summed E-state index contributed by atoms with van der Waals surface area (Å²) in [6.07, 6.45) is 0.982. The van der Waals surface area contributed by atoms with Crippen LogP contribution in [0.5, 0.6) is 11.5 Å². The third-order valence-electron chi connectivity index (χ3n) is 4.63. The molecule has 0 bridgehead atoms. The van der Waals surface area contributed by atoms with Crippen LogP contribution in [0.2, 0.25) is 0 Å². The van der Waals surface area contributed by atoms with E-state index in [1.807, 2.05) is 48.5 Å². The van der Waals surface area contributed by atoms with Gasteiger partial charge < -0.3 is 14.8 Å². The average molecular weight is 369 g/mol. The number of ether oxygens (including phenoxy) is 2. The van der Waals surface area contributed by atoms with Gasteiger partial charge >= 0.3 is 0 Å². The van der Waals surface area contributed by atoms with Gasteiger partial charge in [0.25, 0.3) is 0 Å². The first-order chi connectivity index (χ1) is 13.2. The number of amides is 1. The van der Waals surface area contributed by atoms with Gasteiger partial charge in [0.15, 0.2) is 0 Å². The van der Waals surface area contributed by atoms with Crippen LogP contribution in [0.25, 0.3) is 0 Å². The minimum atomic E-state index is -0.190. The molecule has 1 aliphatic heterocycles. The summed E-state index contributed by atoms with van der Waals surface area (Å²) < 4.78 is 10.9. The third kappa shape index (κ3) is 4.99. The molecule has 6 nitrogen and oxygen atoms in total. The minimum absolute atomic E-state index is 0.0200. The molecular weight excluding hydrogens is 342 g/mol. The second-order valence-corrected chi connectivity index (χ2v) is 6.60. The van der Waals surface area contributed by atoms with Crippen molar-refractivity contribution in [2.75, 3.05) is 20.3 Å². The number of hydrogen-bond donors (Lipinski definition) is 3. The Balaban J connectivity index is 1.58. The number of rotatable bonds is 8. The number of benzene rings is 2. The standard InChI is InChI=1S/C21H27N3O3/c1-3-11-27-17-9-7-15(8-10-17)13-22-21(25)19-14-23-24-20(19)16-5-4-6-18(12-16)26-2/h4-10,12,19-20,23-24H,3,11,13-14H2,1-2H3,(H,22,25). The average Bonchev–Trinajstić information content (AvgIpc) is 3.21. The number of carbonyl (C=O) groups excluding carboxylic acids is 1. The van der Waals surface area contributed by atoms with E-state index in [0.717, 1.165) is 29.0 Å². The summed E-state index contributed by atoms with van der Waals surface area (Å²) in [4.78, 5) is 12.7. The Bertz CT molecular complexity index is 749. The second-order valence-electron chi connectivity index (χ2n) is 6.60. The van der Waals surface area contributed by atoms with E-state index < -0.39 is 0 Å². The fourth-order valence-corrected chi connectivity index (χ4v) is 3.14. The van der Waals surface area contributed by atoms with Crippen LogP contribution in [0, 0.1) is 5.92 Å². The Morgan fingerprint density at radius 3 is 2.74 bits per heavy atom. The molecule has 0 aliphatic carbocycles. The normalized spacial score (nSPS) is 18.9. The summed E-state index contributed by atoms with van der Waals surface area (Å²) in [5.74, 6) is 1.47. The lowest BCUT2D eigenvalue weighted by Gasteiger charge is -2.19. The topological polar surface area (TPSA) is 71.6 Å². The number of hydrazine groups is 1. The number of carbonyl (C=O) groups is 1. The molecule has 6 heteroatoms.